The van der Waals surface area contributed by atoms with Gasteiger partial charge in [-0.25, -0.2) is 13.9 Å². The summed E-state index contributed by atoms with van der Waals surface area (Å²) < 4.78 is 15.7. The van der Waals surface area contributed by atoms with Gasteiger partial charge in [-0.15, -0.1) is 0 Å². The number of hydrogen-bond acceptors (Lipinski definition) is 2. The SMILES string of the molecule is O=C(O)/C=C/c1cccc(F)c1-n1ncc2ccccc21. The Labute approximate surface area is 119 Å². The highest BCUT2D eigenvalue weighted by Crippen LogP contribution is 2.24. The van der Waals surface area contributed by atoms with E-state index in [9.17, 15) is 9.18 Å². The van der Waals surface area contributed by atoms with E-state index >= 15 is 0 Å². The molecule has 0 spiro atoms. The molecule has 104 valence electrons. The largest absolute Gasteiger partial charge is 0.478 e. The molecule has 2 aromatic carbocycles. The zero-order valence-electron chi connectivity index (χ0n) is 10.9. The third kappa shape index (κ3) is 2.41. The second kappa shape index (κ2) is 5.20. The van der Waals surface area contributed by atoms with Crippen LogP contribution in [0.4, 0.5) is 4.39 Å². The second-order valence-electron chi connectivity index (χ2n) is 4.46. The van der Waals surface area contributed by atoms with Crippen LogP contribution < -0.4 is 0 Å². The average molecular weight is 282 g/mol. The fourth-order valence-corrected chi connectivity index (χ4v) is 2.20. The summed E-state index contributed by atoms with van der Waals surface area (Å²) in [6, 6.07) is 11.9. The molecule has 0 amide bonds. The van der Waals surface area contributed by atoms with Crippen LogP contribution in [0.1, 0.15) is 5.56 Å². The molecule has 0 aliphatic carbocycles. The van der Waals surface area contributed by atoms with Crippen molar-refractivity contribution < 1.29 is 14.3 Å². The van der Waals surface area contributed by atoms with Crippen LogP contribution in [-0.4, -0.2) is 20.9 Å². The van der Waals surface area contributed by atoms with Crippen molar-refractivity contribution in [3.63, 3.8) is 0 Å². The topological polar surface area (TPSA) is 55.1 Å². The second-order valence-corrected chi connectivity index (χ2v) is 4.46. The van der Waals surface area contributed by atoms with E-state index in [4.69, 9.17) is 5.11 Å². The molecule has 0 saturated carbocycles. The lowest BCUT2D eigenvalue weighted by atomic mass is 10.1. The Balaban J connectivity index is 2.24. The van der Waals surface area contributed by atoms with Crippen molar-refractivity contribution >= 4 is 22.9 Å². The molecule has 3 aromatic rings. The summed E-state index contributed by atoms with van der Waals surface area (Å²) in [4.78, 5) is 10.7. The lowest BCUT2D eigenvalue weighted by molar-refractivity contribution is -0.131. The molecule has 4 nitrogen and oxygen atoms in total. The maximum atomic E-state index is 14.2. The molecule has 1 heterocycles. The summed E-state index contributed by atoms with van der Waals surface area (Å²) >= 11 is 0. The summed E-state index contributed by atoms with van der Waals surface area (Å²) in [6.45, 7) is 0. The van der Waals surface area contributed by atoms with Gasteiger partial charge < -0.3 is 5.11 Å². The number of hydrogen-bond donors (Lipinski definition) is 1. The van der Waals surface area contributed by atoms with Gasteiger partial charge in [0.2, 0.25) is 0 Å². The normalized spacial score (nSPS) is 11.3. The van der Waals surface area contributed by atoms with Crippen LogP contribution in [0.15, 0.2) is 54.7 Å². The van der Waals surface area contributed by atoms with Gasteiger partial charge in [0.25, 0.3) is 0 Å². The highest BCUT2D eigenvalue weighted by Gasteiger charge is 2.12. The number of rotatable bonds is 3. The first kappa shape index (κ1) is 13.1. The number of benzene rings is 2. The van der Waals surface area contributed by atoms with E-state index in [1.165, 1.54) is 22.9 Å². The van der Waals surface area contributed by atoms with Gasteiger partial charge in [0.15, 0.2) is 0 Å². The molecular weight excluding hydrogens is 271 g/mol. The van der Waals surface area contributed by atoms with E-state index in [1.807, 2.05) is 24.3 Å². The van der Waals surface area contributed by atoms with E-state index in [0.29, 0.717) is 5.56 Å². The van der Waals surface area contributed by atoms with Crippen molar-refractivity contribution in [2.45, 2.75) is 0 Å². The Hall–Kier alpha value is -2.95. The highest BCUT2D eigenvalue weighted by molar-refractivity contribution is 5.87. The van der Waals surface area contributed by atoms with Crippen LogP contribution in [0.5, 0.6) is 0 Å². The first-order valence-electron chi connectivity index (χ1n) is 6.29. The van der Waals surface area contributed by atoms with E-state index in [2.05, 4.69) is 5.10 Å². The monoisotopic (exact) mass is 282 g/mol. The smallest absolute Gasteiger partial charge is 0.328 e. The molecule has 0 aliphatic heterocycles. The fraction of sp³-hybridized carbons (Fsp3) is 0. The summed E-state index contributed by atoms with van der Waals surface area (Å²) in [5, 5.41) is 13.8. The number of fused-ring (bicyclic) bond motifs is 1. The van der Waals surface area contributed by atoms with Crippen LogP contribution in [0.25, 0.3) is 22.7 Å². The highest BCUT2D eigenvalue weighted by atomic mass is 19.1. The number of halogens is 1. The summed E-state index contributed by atoms with van der Waals surface area (Å²) in [5.41, 5.74) is 1.44. The minimum absolute atomic E-state index is 0.233. The zero-order valence-corrected chi connectivity index (χ0v) is 10.9. The van der Waals surface area contributed by atoms with Gasteiger partial charge in [0.1, 0.15) is 11.5 Å². The Morgan fingerprint density at radius 3 is 2.81 bits per heavy atom. The van der Waals surface area contributed by atoms with Crippen molar-refractivity contribution in [2.24, 2.45) is 0 Å². The molecule has 0 unspecified atom stereocenters. The number of aliphatic carboxylic acids is 1. The van der Waals surface area contributed by atoms with E-state index in [1.54, 1.807) is 12.3 Å². The third-order valence-corrected chi connectivity index (χ3v) is 3.11. The van der Waals surface area contributed by atoms with Gasteiger partial charge in [-0.1, -0.05) is 30.3 Å². The van der Waals surface area contributed by atoms with Gasteiger partial charge in [-0.2, -0.15) is 5.10 Å². The molecular formula is C16H11FN2O2. The van der Waals surface area contributed by atoms with Gasteiger partial charge >= 0.3 is 5.97 Å². The van der Waals surface area contributed by atoms with E-state index < -0.39 is 11.8 Å². The molecule has 21 heavy (non-hydrogen) atoms. The number of carboxylic acid groups (broad SMARTS) is 1. The number of carbonyl (C=O) groups is 1. The Morgan fingerprint density at radius 1 is 1.19 bits per heavy atom. The van der Waals surface area contributed by atoms with Crippen LogP contribution in [0.2, 0.25) is 0 Å². The molecule has 0 fully saturated rings. The zero-order chi connectivity index (χ0) is 14.8. The van der Waals surface area contributed by atoms with Crippen molar-refractivity contribution in [3.05, 3.63) is 66.1 Å². The molecule has 0 saturated heterocycles. The van der Waals surface area contributed by atoms with Crippen molar-refractivity contribution in [1.29, 1.82) is 0 Å². The van der Waals surface area contributed by atoms with Crippen molar-refractivity contribution in [3.8, 4) is 5.69 Å². The van der Waals surface area contributed by atoms with Crippen molar-refractivity contribution in [1.82, 2.24) is 9.78 Å². The Kier molecular flexibility index (Phi) is 3.23. The number of carboxylic acids is 1. The van der Waals surface area contributed by atoms with Gasteiger partial charge in [0, 0.05) is 17.0 Å². The minimum atomic E-state index is -1.09. The van der Waals surface area contributed by atoms with E-state index in [0.717, 1.165) is 17.0 Å². The molecule has 1 aromatic heterocycles. The molecule has 5 heteroatoms. The maximum absolute atomic E-state index is 14.2. The van der Waals surface area contributed by atoms with Crippen molar-refractivity contribution in [2.75, 3.05) is 0 Å². The molecule has 0 radical (unpaired) electrons. The first-order valence-corrected chi connectivity index (χ1v) is 6.29. The summed E-state index contributed by atoms with van der Waals surface area (Å²) in [7, 11) is 0. The average Bonchev–Trinajstić information content (AvgIpc) is 2.89. The lowest BCUT2D eigenvalue weighted by Crippen LogP contribution is -2.02. The third-order valence-electron chi connectivity index (χ3n) is 3.11. The molecule has 0 atom stereocenters. The molecule has 3 rings (SSSR count). The number of aromatic nitrogens is 2. The Morgan fingerprint density at radius 2 is 2.00 bits per heavy atom. The van der Waals surface area contributed by atoms with Crippen LogP contribution >= 0.6 is 0 Å². The van der Waals surface area contributed by atoms with Crippen LogP contribution in [0.3, 0.4) is 0 Å². The maximum Gasteiger partial charge on any atom is 0.328 e. The lowest BCUT2D eigenvalue weighted by Gasteiger charge is -2.09. The predicted octanol–water partition coefficient (Wildman–Crippen LogP) is 3.26. The molecule has 1 N–H and O–H groups in total. The van der Waals surface area contributed by atoms with Gasteiger partial charge in [-0.05, 0) is 18.2 Å². The minimum Gasteiger partial charge on any atom is -0.478 e. The van der Waals surface area contributed by atoms with Gasteiger partial charge in [0.05, 0.1) is 11.7 Å². The first-order chi connectivity index (χ1) is 10.2. The molecule has 0 bridgehead atoms. The summed E-state index contributed by atoms with van der Waals surface area (Å²) in [6.07, 6.45) is 3.98. The van der Waals surface area contributed by atoms with E-state index in [-0.39, 0.29) is 5.69 Å². The fourth-order valence-electron chi connectivity index (χ4n) is 2.20. The van der Waals surface area contributed by atoms with Gasteiger partial charge in [-0.3, -0.25) is 0 Å². The quantitative estimate of drug-likeness (QED) is 0.750. The number of nitrogens with zero attached hydrogens (tertiary/aromatic N) is 2. The molecule has 0 aliphatic rings. The predicted molar refractivity (Wildman–Crippen MR) is 77.7 cm³/mol. The Bertz CT molecular complexity index is 852. The standard InChI is InChI=1S/C16H11FN2O2/c17-13-6-3-5-11(8-9-15(20)21)16(13)19-14-7-2-1-4-12(14)10-18-19/h1-10H,(H,20,21)/b9-8+. The van der Waals surface area contributed by atoms with Crippen LogP contribution in [-0.2, 0) is 4.79 Å². The number of para-hydroxylation sites is 2. The summed E-state index contributed by atoms with van der Waals surface area (Å²) in [5.74, 6) is -1.55. The van der Waals surface area contributed by atoms with Crippen LogP contribution in [0, 0.1) is 5.82 Å².